The van der Waals surface area contributed by atoms with Gasteiger partial charge in [-0.1, -0.05) is 24.3 Å². The molecule has 1 aliphatic heterocycles. The molecule has 2 atom stereocenters. The van der Waals surface area contributed by atoms with E-state index in [1.165, 1.54) is 18.3 Å². The molecule has 2 aromatic carbocycles. The molecule has 3 aromatic rings. The zero-order chi connectivity index (χ0) is 22.5. The van der Waals surface area contributed by atoms with Gasteiger partial charge in [0.25, 0.3) is 5.91 Å². The fourth-order valence-electron chi connectivity index (χ4n) is 3.66. The largest absolute Gasteiger partial charge is 0.394 e. The van der Waals surface area contributed by atoms with Crippen molar-refractivity contribution < 1.29 is 23.8 Å². The lowest BCUT2D eigenvalue weighted by atomic mass is 9.98. The van der Waals surface area contributed by atoms with Crippen LogP contribution >= 0.6 is 0 Å². The molecule has 1 saturated heterocycles. The van der Waals surface area contributed by atoms with Gasteiger partial charge < -0.3 is 20.1 Å². The van der Waals surface area contributed by atoms with E-state index in [1.807, 2.05) is 0 Å². The normalized spacial score (nSPS) is 18.4. The topological polar surface area (TPSA) is 91.8 Å². The second-order valence-electron chi connectivity index (χ2n) is 7.45. The average molecular weight is 435 g/mol. The van der Waals surface area contributed by atoms with Crippen LogP contribution in [0.25, 0.3) is 0 Å². The van der Waals surface area contributed by atoms with Crippen LogP contribution in [0.15, 0.2) is 73.1 Å². The number of carbonyl (C=O) groups excluding carboxylic acids is 2. The van der Waals surface area contributed by atoms with E-state index >= 15 is 0 Å². The van der Waals surface area contributed by atoms with E-state index in [2.05, 4.69) is 10.3 Å². The van der Waals surface area contributed by atoms with Gasteiger partial charge in [-0.2, -0.15) is 0 Å². The van der Waals surface area contributed by atoms with Crippen LogP contribution in [0, 0.1) is 5.82 Å². The second-order valence-corrected chi connectivity index (χ2v) is 7.45. The molecule has 0 radical (unpaired) electrons. The number of ether oxygens (including phenoxy) is 1. The summed E-state index contributed by atoms with van der Waals surface area (Å²) in [6.07, 6.45) is 2.54. The number of halogens is 1. The average Bonchev–Trinajstić information content (AvgIpc) is 2.82. The Morgan fingerprint density at radius 2 is 1.91 bits per heavy atom. The third-order valence-electron chi connectivity index (χ3n) is 5.33. The molecule has 8 heteroatoms. The summed E-state index contributed by atoms with van der Waals surface area (Å²) >= 11 is 0. The highest BCUT2D eigenvalue weighted by atomic mass is 19.1. The van der Waals surface area contributed by atoms with Gasteiger partial charge in [0, 0.05) is 24.6 Å². The number of amides is 2. The maximum absolute atomic E-state index is 13.2. The predicted octanol–water partition coefficient (Wildman–Crippen LogP) is 2.93. The number of aliphatic hydroxyl groups is 1. The van der Waals surface area contributed by atoms with E-state index < -0.39 is 12.1 Å². The SMILES string of the molecule is O=C(Nc1ccc([C@H]2OCC(=O)N(Cc3ccc(F)cc3)[C@@H]2CO)cc1)c1cccnc1. The van der Waals surface area contributed by atoms with E-state index in [1.54, 1.807) is 59.6 Å². The fourth-order valence-corrected chi connectivity index (χ4v) is 3.66. The number of aliphatic hydroxyl groups excluding tert-OH is 1. The maximum atomic E-state index is 13.2. The summed E-state index contributed by atoms with van der Waals surface area (Å²) in [7, 11) is 0. The molecule has 2 amide bonds. The van der Waals surface area contributed by atoms with Gasteiger partial charge in [-0.15, -0.1) is 0 Å². The van der Waals surface area contributed by atoms with Crippen LogP contribution < -0.4 is 5.32 Å². The third-order valence-corrected chi connectivity index (χ3v) is 5.33. The van der Waals surface area contributed by atoms with Crippen LogP contribution in [0.5, 0.6) is 0 Å². The number of hydrogen-bond donors (Lipinski definition) is 2. The van der Waals surface area contributed by atoms with Crippen molar-refractivity contribution in [3.05, 3.63) is 95.6 Å². The summed E-state index contributed by atoms with van der Waals surface area (Å²) in [5, 5.41) is 12.8. The number of carbonyl (C=O) groups is 2. The van der Waals surface area contributed by atoms with Crippen molar-refractivity contribution in [1.82, 2.24) is 9.88 Å². The van der Waals surface area contributed by atoms with Crippen molar-refractivity contribution in [1.29, 1.82) is 0 Å². The molecule has 4 rings (SSSR count). The molecule has 0 bridgehead atoms. The molecule has 164 valence electrons. The smallest absolute Gasteiger partial charge is 0.257 e. The molecule has 1 fully saturated rings. The minimum absolute atomic E-state index is 0.123. The summed E-state index contributed by atoms with van der Waals surface area (Å²) in [4.78, 5) is 30.3. The van der Waals surface area contributed by atoms with E-state index in [0.29, 0.717) is 11.3 Å². The zero-order valence-corrected chi connectivity index (χ0v) is 17.1. The van der Waals surface area contributed by atoms with Gasteiger partial charge in [-0.25, -0.2) is 4.39 Å². The first-order chi connectivity index (χ1) is 15.5. The van der Waals surface area contributed by atoms with Gasteiger partial charge in [0.2, 0.25) is 5.91 Å². The third kappa shape index (κ3) is 4.82. The summed E-state index contributed by atoms with van der Waals surface area (Å²) < 4.78 is 19.0. The number of benzene rings is 2. The predicted molar refractivity (Wildman–Crippen MR) is 115 cm³/mol. The molecule has 1 aromatic heterocycles. The Kier molecular flexibility index (Phi) is 6.53. The Balaban J connectivity index is 1.48. The lowest BCUT2D eigenvalue weighted by Gasteiger charge is -2.40. The Labute approximate surface area is 184 Å². The summed E-state index contributed by atoms with van der Waals surface area (Å²) in [5.41, 5.74) is 2.56. The van der Waals surface area contributed by atoms with Crippen LogP contribution in [-0.2, 0) is 16.1 Å². The highest BCUT2D eigenvalue weighted by Crippen LogP contribution is 2.31. The Morgan fingerprint density at radius 3 is 2.56 bits per heavy atom. The Morgan fingerprint density at radius 1 is 1.16 bits per heavy atom. The van der Waals surface area contributed by atoms with Gasteiger partial charge in [0.05, 0.1) is 18.2 Å². The number of nitrogens with one attached hydrogen (secondary N) is 1. The van der Waals surface area contributed by atoms with Gasteiger partial charge in [-0.3, -0.25) is 14.6 Å². The number of anilines is 1. The number of nitrogens with zero attached hydrogens (tertiary/aromatic N) is 2. The molecule has 0 saturated carbocycles. The van der Waals surface area contributed by atoms with Gasteiger partial charge in [-0.05, 0) is 47.5 Å². The Bertz CT molecular complexity index is 1070. The molecular weight excluding hydrogens is 413 g/mol. The minimum atomic E-state index is -0.600. The second kappa shape index (κ2) is 9.67. The summed E-state index contributed by atoms with van der Waals surface area (Å²) in [6, 6.07) is 15.7. The zero-order valence-electron chi connectivity index (χ0n) is 17.1. The quantitative estimate of drug-likeness (QED) is 0.621. The first-order valence-electron chi connectivity index (χ1n) is 10.1. The number of rotatable bonds is 6. The molecule has 7 nitrogen and oxygen atoms in total. The van der Waals surface area contributed by atoms with Gasteiger partial charge >= 0.3 is 0 Å². The molecule has 0 unspecified atom stereocenters. The van der Waals surface area contributed by atoms with E-state index in [0.717, 1.165) is 11.1 Å². The number of hydrogen-bond acceptors (Lipinski definition) is 5. The lowest BCUT2D eigenvalue weighted by Crippen LogP contribution is -2.52. The van der Waals surface area contributed by atoms with Gasteiger partial charge in [0.15, 0.2) is 0 Å². The monoisotopic (exact) mass is 435 g/mol. The minimum Gasteiger partial charge on any atom is -0.394 e. The van der Waals surface area contributed by atoms with Crippen molar-refractivity contribution in [2.75, 3.05) is 18.5 Å². The van der Waals surface area contributed by atoms with Crippen LogP contribution in [0.1, 0.15) is 27.6 Å². The molecular formula is C24H22FN3O4. The molecule has 32 heavy (non-hydrogen) atoms. The highest BCUT2D eigenvalue weighted by Gasteiger charge is 2.37. The van der Waals surface area contributed by atoms with Crippen molar-refractivity contribution in [3.63, 3.8) is 0 Å². The van der Waals surface area contributed by atoms with Crippen molar-refractivity contribution in [2.45, 2.75) is 18.7 Å². The van der Waals surface area contributed by atoms with Crippen LogP contribution in [0.2, 0.25) is 0 Å². The van der Waals surface area contributed by atoms with E-state index in [9.17, 15) is 19.1 Å². The first-order valence-corrected chi connectivity index (χ1v) is 10.1. The molecule has 0 aliphatic carbocycles. The standard InChI is InChI=1S/C24H22FN3O4/c25-19-7-3-16(4-8-19)13-28-21(14-29)23(32-15-22(28)30)17-5-9-20(10-6-17)27-24(31)18-2-1-11-26-12-18/h1-12,21,23,29H,13-15H2,(H,27,31)/t21-,23-/m1/s1. The van der Waals surface area contributed by atoms with Gasteiger partial charge in [0.1, 0.15) is 18.5 Å². The van der Waals surface area contributed by atoms with E-state index in [4.69, 9.17) is 4.74 Å². The van der Waals surface area contributed by atoms with E-state index in [-0.39, 0.29) is 37.4 Å². The highest BCUT2D eigenvalue weighted by molar-refractivity contribution is 6.04. The molecule has 0 spiro atoms. The fraction of sp³-hybridized carbons (Fsp3) is 0.208. The summed E-state index contributed by atoms with van der Waals surface area (Å²) in [6.45, 7) is -0.178. The Hall–Kier alpha value is -3.62. The first kappa shape index (κ1) is 21.6. The number of aromatic nitrogens is 1. The molecule has 2 heterocycles. The van der Waals surface area contributed by atoms with Crippen molar-refractivity contribution >= 4 is 17.5 Å². The van der Waals surface area contributed by atoms with Crippen LogP contribution in [0.3, 0.4) is 0 Å². The molecule has 1 aliphatic rings. The number of morpholine rings is 1. The van der Waals surface area contributed by atoms with Crippen LogP contribution in [0.4, 0.5) is 10.1 Å². The molecule has 2 N–H and O–H groups in total. The lowest BCUT2D eigenvalue weighted by molar-refractivity contribution is -0.162. The van der Waals surface area contributed by atoms with Crippen molar-refractivity contribution in [3.8, 4) is 0 Å². The maximum Gasteiger partial charge on any atom is 0.257 e. The van der Waals surface area contributed by atoms with Crippen molar-refractivity contribution in [2.24, 2.45) is 0 Å². The summed E-state index contributed by atoms with van der Waals surface area (Å²) in [5.74, 6) is -0.872. The van der Waals surface area contributed by atoms with Crippen LogP contribution in [-0.4, -0.2) is 46.1 Å². The number of pyridine rings is 1.